The average Bonchev–Trinajstić information content (AvgIpc) is 2.76. The van der Waals surface area contributed by atoms with Gasteiger partial charge in [0, 0.05) is 48.2 Å². The van der Waals surface area contributed by atoms with E-state index in [9.17, 15) is 9.18 Å². The molecule has 148 valence electrons. The summed E-state index contributed by atoms with van der Waals surface area (Å²) in [6.07, 6.45) is 5.84. The first kappa shape index (κ1) is 19.1. The lowest BCUT2D eigenvalue weighted by atomic mass is 9.93. The molecule has 1 saturated heterocycles. The molecule has 1 unspecified atom stereocenters. The second kappa shape index (κ2) is 8.39. The summed E-state index contributed by atoms with van der Waals surface area (Å²) >= 11 is 0. The van der Waals surface area contributed by atoms with Gasteiger partial charge in [0.1, 0.15) is 11.6 Å². The summed E-state index contributed by atoms with van der Waals surface area (Å²) in [5.41, 5.74) is 9.43. The van der Waals surface area contributed by atoms with Gasteiger partial charge in [-0.2, -0.15) is 0 Å². The lowest BCUT2D eigenvalue weighted by molar-refractivity contribution is -0.131. The Bertz CT molecular complexity index is 971. The maximum Gasteiger partial charge on any atom is 0.227 e. The highest BCUT2D eigenvalue weighted by atomic mass is 19.1. The van der Waals surface area contributed by atoms with Crippen molar-refractivity contribution in [1.29, 1.82) is 0 Å². The number of rotatable bonds is 4. The van der Waals surface area contributed by atoms with Gasteiger partial charge in [-0.05, 0) is 48.7 Å². The minimum Gasteiger partial charge on any atom is -0.384 e. The van der Waals surface area contributed by atoms with Gasteiger partial charge < -0.3 is 10.6 Å². The van der Waals surface area contributed by atoms with Crippen LogP contribution in [0.4, 0.5) is 10.2 Å². The molecule has 1 fully saturated rings. The number of carbonyl (C=O) groups excluding carboxylic acids is 1. The standard InChI is InChI=1S/C23H23FN4O/c24-20-7-3-16(4-8-20)12-23(29)28-11-1-2-19(15-28)21-9-5-17(13-26-21)18-6-10-22(25)27-14-18/h3-10,13-14,19H,1-2,11-12,15H2,(H2,25,27). The molecule has 1 aliphatic heterocycles. The van der Waals surface area contributed by atoms with Gasteiger partial charge in [-0.15, -0.1) is 0 Å². The molecule has 4 rings (SSSR count). The number of nitrogens with two attached hydrogens (primary N) is 1. The summed E-state index contributed by atoms with van der Waals surface area (Å²) in [6, 6.07) is 13.9. The van der Waals surface area contributed by atoms with Crippen LogP contribution in [0.5, 0.6) is 0 Å². The first-order chi connectivity index (χ1) is 14.1. The number of anilines is 1. The fourth-order valence-corrected chi connectivity index (χ4v) is 3.73. The van der Waals surface area contributed by atoms with E-state index in [2.05, 4.69) is 9.97 Å². The second-order valence-corrected chi connectivity index (χ2v) is 7.43. The topological polar surface area (TPSA) is 72.1 Å². The van der Waals surface area contributed by atoms with Crippen LogP contribution in [0.1, 0.15) is 30.0 Å². The van der Waals surface area contributed by atoms with Crippen LogP contribution in [0.3, 0.4) is 0 Å². The van der Waals surface area contributed by atoms with Crippen LogP contribution in [0.15, 0.2) is 60.9 Å². The minimum atomic E-state index is -0.288. The molecule has 6 heteroatoms. The van der Waals surface area contributed by atoms with E-state index < -0.39 is 0 Å². The Kier molecular flexibility index (Phi) is 5.51. The second-order valence-electron chi connectivity index (χ2n) is 7.43. The molecule has 2 N–H and O–H groups in total. The van der Waals surface area contributed by atoms with Gasteiger partial charge in [0.15, 0.2) is 0 Å². The van der Waals surface area contributed by atoms with Crippen molar-refractivity contribution in [3.05, 3.63) is 78.0 Å². The Hall–Kier alpha value is -3.28. The zero-order valence-electron chi connectivity index (χ0n) is 16.1. The molecule has 2 aromatic heterocycles. The molecule has 0 aliphatic carbocycles. The fraction of sp³-hybridized carbons (Fsp3) is 0.261. The maximum absolute atomic E-state index is 13.1. The predicted molar refractivity (Wildman–Crippen MR) is 111 cm³/mol. The highest BCUT2D eigenvalue weighted by Crippen LogP contribution is 2.27. The van der Waals surface area contributed by atoms with Crippen molar-refractivity contribution < 1.29 is 9.18 Å². The van der Waals surface area contributed by atoms with Crippen molar-refractivity contribution in [2.24, 2.45) is 0 Å². The molecule has 5 nitrogen and oxygen atoms in total. The van der Waals surface area contributed by atoms with E-state index in [4.69, 9.17) is 5.73 Å². The van der Waals surface area contributed by atoms with E-state index in [1.54, 1.807) is 24.4 Å². The third-order valence-corrected chi connectivity index (χ3v) is 5.37. The largest absolute Gasteiger partial charge is 0.384 e. The third kappa shape index (κ3) is 4.59. The van der Waals surface area contributed by atoms with Crippen molar-refractivity contribution >= 4 is 11.7 Å². The van der Waals surface area contributed by atoms with Gasteiger partial charge in [-0.25, -0.2) is 9.37 Å². The lowest BCUT2D eigenvalue weighted by Gasteiger charge is -2.32. The van der Waals surface area contributed by atoms with Crippen molar-refractivity contribution in [3.63, 3.8) is 0 Å². The highest BCUT2D eigenvalue weighted by molar-refractivity contribution is 5.79. The Labute approximate surface area is 169 Å². The van der Waals surface area contributed by atoms with E-state index in [-0.39, 0.29) is 17.6 Å². The summed E-state index contributed by atoms with van der Waals surface area (Å²) < 4.78 is 13.1. The summed E-state index contributed by atoms with van der Waals surface area (Å²) in [4.78, 5) is 23.4. The number of halogens is 1. The van der Waals surface area contributed by atoms with E-state index in [1.807, 2.05) is 29.3 Å². The van der Waals surface area contributed by atoms with Crippen LogP contribution < -0.4 is 5.73 Å². The van der Waals surface area contributed by atoms with E-state index in [0.717, 1.165) is 41.8 Å². The monoisotopic (exact) mass is 390 g/mol. The van der Waals surface area contributed by atoms with Crippen LogP contribution >= 0.6 is 0 Å². The maximum atomic E-state index is 13.1. The van der Waals surface area contributed by atoms with Gasteiger partial charge in [0.25, 0.3) is 0 Å². The summed E-state index contributed by atoms with van der Waals surface area (Å²) in [5, 5.41) is 0. The molecule has 0 bridgehead atoms. The number of benzene rings is 1. The Balaban J connectivity index is 1.41. The van der Waals surface area contributed by atoms with Gasteiger partial charge in [0.05, 0.1) is 6.42 Å². The molecule has 1 aliphatic rings. The van der Waals surface area contributed by atoms with Crippen molar-refractivity contribution in [2.75, 3.05) is 18.8 Å². The van der Waals surface area contributed by atoms with Crippen molar-refractivity contribution in [2.45, 2.75) is 25.2 Å². The van der Waals surface area contributed by atoms with Crippen molar-refractivity contribution in [1.82, 2.24) is 14.9 Å². The van der Waals surface area contributed by atoms with Gasteiger partial charge in [0.2, 0.25) is 5.91 Å². The summed E-state index contributed by atoms with van der Waals surface area (Å²) in [5.74, 6) is 0.500. The first-order valence-electron chi connectivity index (χ1n) is 9.78. The summed E-state index contributed by atoms with van der Waals surface area (Å²) in [6.45, 7) is 1.42. The van der Waals surface area contributed by atoms with Crippen LogP contribution in [0.25, 0.3) is 11.1 Å². The Morgan fingerprint density at radius 3 is 2.41 bits per heavy atom. The number of piperidine rings is 1. The highest BCUT2D eigenvalue weighted by Gasteiger charge is 2.25. The third-order valence-electron chi connectivity index (χ3n) is 5.37. The minimum absolute atomic E-state index is 0.0749. The van der Waals surface area contributed by atoms with Crippen LogP contribution in [0, 0.1) is 5.82 Å². The number of carbonyl (C=O) groups is 1. The fourth-order valence-electron chi connectivity index (χ4n) is 3.73. The number of aromatic nitrogens is 2. The normalized spacial score (nSPS) is 16.6. The van der Waals surface area contributed by atoms with E-state index >= 15 is 0 Å². The van der Waals surface area contributed by atoms with Gasteiger partial charge in [-0.1, -0.05) is 18.2 Å². The molecule has 1 atom stereocenters. The van der Waals surface area contributed by atoms with Crippen LogP contribution in [-0.4, -0.2) is 33.9 Å². The number of likely N-dealkylation sites (tertiary alicyclic amines) is 1. The first-order valence-corrected chi connectivity index (χ1v) is 9.78. The molecule has 0 radical (unpaired) electrons. The van der Waals surface area contributed by atoms with Crippen LogP contribution in [0.2, 0.25) is 0 Å². The average molecular weight is 390 g/mol. The Morgan fingerprint density at radius 2 is 1.76 bits per heavy atom. The lowest BCUT2D eigenvalue weighted by Crippen LogP contribution is -2.40. The molecule has 0 saturated carbocycles. The predicted octanol–water partition coefficient (Wildman–Crippen LogP) is 3.81. The molecule has 0 spiro atoms. The van der Waals surface area contributed by atoms with Crippen LogP contribution in [-0.2, 0) is 11.2 Å². The molecular formula is C23H23FN4O. The van der Waals surface area contributed by atoms with Crippen molar-refractivity contribution in [3.8, 4) is 11.1 Å². The molecule has 3 aromatic rings. The number of hydrogen-bond donors (Lipinski definition) is 1. The number of hydrogen-bond acceptors (Lipinski definition) is 4. The van der Waals surface area contributed by atoms with Gasteiger partial charge >= 0.3 is 0 Å². The van der Waals surface area contributed by atoms with E-state index in [1.165, 1.54) is 12.1 Å². The molecular weight excluding hydrogens is 367 g/mol. The number of nitrogens with zero attached hydrogens (tertiary/aromatic N) is 3. The number of amides is 1. The quantitative estimate of drug-likeness (QED) is 0.735. The zero-order chi connectivity index (χ0) is 20.2. The van der Waals surface area contributed by atoms with Gasteiger partial charge in [-0.3, -0.25) is 9.78 Å². The molecule has 29 heavy (non-hydrogen) atoms. The smallest absolute Gasteiger partial charge is 0.227 e. The zero-order valence-corrected chi connectivity index (χ0v) is 16.1. The number of nitrogen functional groups attached to an aromatic ring is 1. The molecule has 1 aromatic carbocycles. The molecule has 1 amide bonds. The molecule has 3 heterocycles. The number of pyridine rings is 2. The SMILES string of the molecule is Nc1ccc(-c2ccc(C3CCCN(C(=O)Cc4ccc(F)cc4)C3)nc2)cn1. The summed E-state index contributed by atoms with van der Waals surface area (Å²) in [7, 11) is 0. The Morgan fingerprint density at radius 1 is 1.03 bits per heavy atom. The van der Waals surface area contributed by atoms with E-state index in [0.29, 0.717) is 18.8 Å².